The summed E-state index contributed by atoms with van der Waals surface area (Å²) in [7, 11) is 1.61. The van der Waals surface area contributed by atoms with Crippen LogP contribution in [0.1, 0.15) is 36.9 Å². The number of amides is 1. The van der Waals surface area contributed by atoms with E-state index in [2.05, 4.69) is 5.10 Å². The van der Waals surface area contributed by atoms with Gasteiger partial charge in [0.15, 0.2) is 0 Å². The molecule has 0 aromatic carbocycles. The lowest BCUT2D eigenvalue weighted by Gasteiger charge is -2.39. The molecule has 1 aromatic heterocycles. The predicted octanol–water partition coefficient (Wildman–Crippen LogP) is 2.02. The summed E-state index contributed by atoms with van der Waals surface area (Å²) in [6.45, 7) is 4.18. The molecule has 1 aromatic rings. The Morgan fingerprint density at radius 2 is 2.23 bits per heavy atom. The lowest BCUT2D eigenvalue weighted by molar-refractivity contribution is -0.161. The van der Waals surface area contributed by atoms with E-state index >= 15 is 0 Å². The van der Waals surface area contributed by atoms with Gasteiger partial charge in [0.05, 0.1) is 12.3 Å². The number of hydrogen-bond acceptors (Lipinski definition) is 3. The zero-order valence-corrected chi connectivity index (χ0v) is 12.9. The molecule has 3 rings (SSSR count). The van der Waals surface area contributed by atoms with E-state index in [1.54, 1.807) is 12.0 Å². The zero-order chi connectivity index (χ0) is 15.9. The van der Waals surface area contributed by atoms with Crippen molar-refractivity contribution in [1.82, 2.24) is 14.7 Å². The topological polar surface area (TPSA) is 47.4 Å². The van der Waals surface area contributed by atoms with Gasteiger partial charge in [0.2, 0.25) is 11.8 Å². The van der Waals surface area contributed by atoms with Gasteiger partial charge in [0.1, 0.15) is 0 Å². The Morgan fingerprint density at radius 3 is 2.82 bits per heavy atom. The molecule has 1 atom stereocenters. The highest BCUT2D eigenvalue weighted by molar-refractivity contribution is 5.80. The van der Waals surface area contributed by atoms with E-state index in [-0.39, 0.29) is 24.7 Å². The van der Waals surface area contributed by atoms with Crippen molar-refractivity contribution in [2.45, 2.75) is 44.7 Å². The van der Waals surface area contributed by atoms with Crippen molar-refractivity contribution in [3.05, 3.63) is 17.5 Å². The Hall–Kier alpha value is -1.50. The van der Waals surface area contributed by atoms with Crippen LogP contribution in [0.25, 0.3) is 0 Å². The van der Waals surface area contributed by atoms with E-state index in [9.17, 15) is 13.6 Å². The minimum Gasteiger partial charge on any atom is -0.384 e. The van der Waals surface area contributed by atoms with Crippen LogP contribution < -0.4 is 0 Å². The van der Waals surface area contributed by atoms with Gasteiger partial charge in [-0.05, 0) is 6.92 Å². The molecule has 1 saturated carbocycles. The second-order valence-electron chi connectivity index (χ2n) is 6.23. The first-order valence-corrected chi connectivity index (χ1v) is 7.65. The molecule has 122 valence electrons. The number of methoxy groups -OCH3 is 1. The van der Waals surface area contributed by atoms with Gasteiger partial charge >= 0.3 is 0 Å². The normalized spacial score (nSPS) is 24.0. The Labute approximate surface area is 128 Å². The summed E-state index contributed by atoms with van der Waals surface area (Å²) >= 11 is 0. The molecule has 0 radical (unpaired) electrons. The lowest BCUT2D eigenvalue weighted by Crippen LogP contribution is -2.49. The van der Waals surface area contributed by atoms with E-state index < -0.39 is 11.8 Å². The highest BCUT2D eigenvalue weighted by Crippen LogP contribution is 2.44. The van der Waals surface area contributed by atoms with Gasteiger partial charge in [0.25, 0.3) is 0 Å². The Kier molecular flexibility index (Phi) is 3.92. The summed E-state index contributed by atoms with van der Waals surface area (Å²) in [6.07, 6.45) is 1.30. The fourth-order valence-corrected chi connectivity index (χ4v) is 3.32. The predicted molar refractivity (Wildman–Crippen MR) is 75.6 cm³/mol. The summed E-state index contributed by atoms with van der Waals surface area (Å²) in [4.78, 5) is 14.1. The lowest BCUT2D eigenvalue weighted by atomic mass is 9.80. The van der Waals surface area contributed by atoms with E-state index in [1.165, 1.54) is 0 Å². The van der Waals surface area contributed by atoms with E-state index in [4.69, 9.17) is 4.74 Å². The standard InChI is InChI=1S/C15H21F2N3O2/c1-3-20-8-11-6-19(7-12(9-22-2)13(11)18-20)14(21)10-4-15(16,17)5-10/h8,10,12H,3-7,9H2,1-2H3. The number of alkyl halides is 2. The number of hydrogen-bond donors (Lipinski definition) is 0. The summed E-state index contributed by atoms with van der Waals surface area (Å²) in [5, 5.41) is 4.54. The number of rotatable bonds is 4. The van der Waals surface area contributed by atoms with Crippen molar-refractivity contribution in [3.8, 4) is 0 Å². The SMILES string of the molecule is CCn1cc2c(n1)C(COC)CN(C(=O)C1CC(F)(F)C1)C2. The van der Waals surface area contributed by atoms with Gasteiger partial charge in [-0.15, -0.1) is 0 Å². The van der Waals surface area contributed by atoms with Gasteiger partial charge in [-0.1, -0.05) is 0 Å². The van der Waals surface area contributed by atoms with Crippen molar-refractivity contribution < 1.29 is 18.3 Å². The first kappa shape index (κ1) is 15.4. The van der Waals surface area contributed by atoms with Crippen LogP contribution in [-0.2, 0) is 22.6 Å². The van der Waals surface area contributed by atoms with Crippen molar-refractivity contribution in [1.29, 1.82) is 0 Å². The minimum atomic E-state index is -2.67. The van der Waals surface area contributed by atoms with Crippen LogP contribution in [0.3, 0.4) is 0 Å². The van der Waals surface area contributed by atoms with E-state index in [1.807, 2.05) is 17.8 Å². The number of carbonyl (C=O) groups excluding carboxylic acids is 1. The second-order valence-corrected chi connectivity index (χ2v) is 6.23. The van der Waals surface area contributed by atoms with Crippen LogP contribution in [0.5, 0.6) is 0 Å². The van der Waals surface area contributed by atoms with Crippen LogP contribution in [0, 0.1) is 5.92 Å². The van der Waals surface area contributed by atoms with Crippen molar-refractivity contribution in [2.75, 3.05) is 20.3 Å². The molecule has 2 aliphatic rings. The number of carbonyl (C=O) groups is 1. The Balaban J connectivity index is 1.76. The molecular formula is C15H21F2N3O2. The minimum absolute atomic E-state index is 0.00564. The number of aromatic nitrogens is 2. The number of fused-ring (bicyclic) bond motifs is 1. The average Bonchev–Trinajstić information content (AvgIpc) is 2.87. The molecule has 1 amide bonds. The molecule has 1 aliphatic heterocycles. The summed E-state index contributed by atoms with van der Waals surface area (Å²) in [5.74, 6) is -3.37. The maximum Gasteiger partial charge on any atom is 0.249 e. The molecule has 7 heteroatoms. The molecule has 0 spiro atoms. The molecule has 0 N–H and O–H groups in total. The molecular weight excluding hydrogens is 292 g/mol. The largest absolute Gasteiger partial charge is 0.384 e. The van der Waals surface area contributed by atoms with Crippen LogP contribution in [0.15, 0.2) is 6.20 Å². The summed E-state index contributed by atoms with van der Waals surface area (Å²) in [5.41, 5.74) is 1.96. The Bertz CT molecular complexity index is 565. The highest BCUT2D eigenvalue weighted by atomic mass is 19.3. The zero-order valence-electron chi connectivity index (χ0n) is 12.9. The maximum atomic E-state index is 13.0. The van der Waals surface area contributed by atoms with Crippen LogP contribution in [0.2, 0.25) is 0 Å². The van der Waals surface area contributed by atoms with Gasteiger partial charge < -0.3 is 9.64 Å². The molecule has 1 aliphatic carbocycles. The molecule has 22 heavy (non-hydrogen) atoms. The monoisotopic (exact) mass is 313 g/mol. The van der Waals surface area contributed by atoms with Crippen LogP contribution in [0.4, 0.5) is 8.78 Å². The number of aryl methyl sites for hydroxylation is 1. The van der Waals surface area contributed by atoms with Crippen molar-refractivity contribution in [3.63, 3.8) is 0 Å². The number of nitrogens with zero attached hydrogens (tertiary/aromatic N) is 3. The number of halogens is 2. The van der Waals surface area contributed by atoms with Crippen LogP contribution >= 0.6 is 0 Å². The molecule has 0 saturated heterocycles. The first-order chi connectivity index (χ1) is 10.4. The van der Waals surface area contributed by atoms with Crippen molar-refractivity contribution in [2.24, 2.45) is 5.92 Å². The average molecular weight is 313 g/mol. The molecule has 0 bridgehead atoms. The van der Waals surface area contributed by atoms with Crippen LogP contribution in [-0.4, -0.2) is 46.8 Å². The third kappa shape index (κ3) is 2.74. The van der Waals surface area contributed by atoms with Gasteiger partial charge in [-0.3, -0.25) is 9.48 Å². The second kappa shape index (κ2) is 5.61. The summed E-state index contributed by atoms with van der Waals surface area (Å²) < 4.78 is 33.1. The van der Waals surface area contributed by atoms with Gasteiger partial charge in [0, 0.05) is 63.2 Å². The smallest absolute Gasteiger partial charge is 0.249 e. The molecule has 2 heterocycles. The third-order valence-corrected chi connectivity index (χ3v) is 4.50. The van der Waals surface area contributed by atoms with Gasteiger partial charge in [-0.2, -0.15) is 5.10 Å². The fourth-order valence-electron chi connectivity index (χ4n) is 3.32. The first-order valence-electron chi connectivity index (χ1n) is 7.65. The summed E-state index contributed by atoms with van der Waals surface area (Å²) in [6, 6.07) is 0. The van der Waals surface area contributed by atoms with Gasteiger partial charge in [-0.25, -0.2) is 8.78 Å². The fraction of sp³-hybridized carbons (Fsp3) is 0.733. The van der Waals surface area contributed by atoms with E-state index in [0.29, 0.717) is 19.7 Å². The van der Waals surface area contributed by atoms with E-state index in [0.717, 1.165) is 17.8 Å². The molecule has 1 fully saturated rings. The third-order valence-electron chi connectivity index (χ3n) is 4.50. The maximum absolute atomic E-state index is 13.0. The Morgan fingerprint density at radius 1 is 1.50 bits per heavy atom. The van der Waals surface area contributed by atoms with Crippen molar-refractivity contribution >= 4 is 5.91 Å². The molecule has 1 unspecified atom stereocenters. The highest BCUT2D eigenvalue weighted by Gasteiger charge is 2.50. The number of ether oxygens (including phenoxy) is 1. The quantitative estimate of drug-likeness (QED) is 0.854. The molecule has 5 nitrogen and oxygen atoms in total.